The fourth-order valence-electron chi connectivity index (χ4n) is 1.68. The van der Waals surface area contributed by atoms with Crippen LogP contribution in [0.2, 0.25) is 0 Å². The maximum absolute atomic E-state index is 11.4. The molecule has 1 amide bonds. The smallest absolute Gasteiger partial charge is 0.221 e. The van der Waals surface area contributed by atoms with Gasteiger partial charge in [0.25, 0.3) is 0 Å². The number of hydrogen-bond donors (Lipinski definition) is 2. The van der Waals surface area contributed by atoms with Gasteiger partial charge in [-0.15, -0.1) is 0 Å². The molecule has 5 nitrogen and oxygen atoms in total. The van der Waals surface area contributed by atoms with E-state index in [1.54, 1.807) is 0 Å². The average molecular weight is 266 g/mol. The van der Waals surface area contributed by atoms with Gasteiger partial charge < -0.3 is 10.6 Å². The van der Waals surface area contributed by atoms with E-state index < -0.39 is 0 Å². The first-order valence-electron chi connectivity index (χ1n) is 7.18. The predicted molar refractivity (Wildman–Crippen MR) is 76.9 cm³/mol. The van der Waals surface area contributed by atoms with E-state index in [2.05, 4.69) is 29.6 Å². The van der Waals surface area contributed by atoms with E-state index in [9.17, 15) is 4.79 Å². The molecule has 0 aliphatic rings. The first-order chi connectivity index (χ1) is 9.17. The third kappa shape index (κ3) is 5.87. The molecule has 1 rings (SSSR count). The minimum atomic E-state index is 0.111. The van der Waals surface area contributed by atoms with Crippen LogP contribution in [0.15, 0.2) is 12.3 Å². The fourth-order valence-corrected chi connectivity index (χ4v) is 1.68. The number of nitrogens with one attached hydrogen (secondary N) is 2. The summed E-state index contributed by atoms with van der Waals surface area (Å²) in [6.07, 6.45) is 4.59. The average Bonchev–Trinajstić information content (AvgIpc) is 2.89. The summed E-state index contributed by atoms with van der Waals surface area (Å²) >= 11 is 0. The van der Waals surface area contributed by atoms with Crippen LogP contribution in [0.4, 0.5) is 0 Å². The molecule has 0 fully saturated rings. The van der Waals surface area contributed by atoms with Gasteiger partial charge >= 0.3 is 0 Å². The van der Waals surface area contributed by atoms with Crippen molar-refractivity contribution in [2.45, 2.75) is 52.6 Å². The Morgan fingerprint density at radius 1 is 1.42 bits per heavy atom. The van der Waals surface area contributed by atoms with E-state index in [-0.39, 0.29) is 5.91 Å². The van der Waals surface area contributed by atoms with Crippen LogP contribution in [0, 0.1) is 0 Å². The summed E-state index contributed by atoms with van der Waals surface area (Å²) in [7, 11) is 0. The molecule has 0 spiro atoms. The molecule has 0 radical (unpaired) electrons. The highest BCUT2D eigenvalue weighted by Gasteiger charge is 2.04. The summed E-state index contributed by atoms with van der Waals surface area (Å²) in [6.45, 7) is 8.52. The summed E-state index contributed by atoms with van der Waals surface area (Å²) in [5.74, 6) is 0.111. The second kappa shape index (κ2) is 8.69. The lowest BCUT2D eigenvalue weighted by Gasteiger charge is -2.08. The molecular weight excluding hydrogens is 240 g/mol. The van der Waals surface area contributed by atoms with Gasteiger partial charge in [-0.3, -0.25) is 9.48 Å². The zero-order valence-electron chi connectivity index (χ0n) is 12.3. The molecule has 0 saturated heterocycles. The second-order valence-corrected chi connectivity index (χ2v) is 4.82. The SMILES string of the molecule is CCCNC(=O)CCNCc1ccn(C(C)CC)n1. The molecule has 0 saturated carbocycles. The summed E-state index contributed by atoms with van der Waals surface area (Å²) < 4.78 is 1.99. The highest BCUT2D eigenvalue weighted by molar-refractivity contribution is 5.75. The largest absolute Gasteiger partial charge is 0.356 e. The highest BCUT2D eigenvalue weighted by atomic mass is 16.1. The van der Waals surface area contributed by atoms with Crippen LogP contribution >= 0.6 is 0 Å². The molecule has 2 N–H and O–H groups in total. The van der Waals surface area contributed by atoms with E-state index >= 15 is 0 Å². The fraction of sp³-hybridized carbons (Fsp3) is 0.714. The van der Waals surface area contributed by atoms with E-state index in [1.807, 2.05) is 23.9 Å². The minimum absolute atomic E-state index is 0.111. The Morgan fingerprint density at radius 2 is 2.21 bits per heavy atom. The normalized spacial score (nSPS) is 12.4. The van der Waals surface area contributed by atoms with Crippen LogP contribution in [0.25, 0.3) is 0 Å². The van der Waals surface area contributed by atoms with E-state index in [1.165, 1.54) is 0 Å². The first kappa shape index (κ1) is 15.7. The van der Waals surface area contributed by atoms with Crippen LogP contribution in [0.5, 0.6) is 0 Å². The Morgan fingerprint density at radius 3 is 2.89 bits per heavy atom. The Labute approximate surface area is 115 Å². The standard InChI is InChI=1S/C14H26N4O/c1-4-8-16-14(19)6-9-15-11-13-7-10-18(17-13)12(3)5-2/h7,10,12,15H,4-6,8-9,11H2,1-3H3,(H,16,19). The Balaban J connectivity index is 2.19. The van der Waals surface area contributed by atoms with Gasteiger partial charge in [-0.25, -0.2) is 0 Å². The molecule has 19 heavy (non-hydrogen) atoms. The summed E-state index contributed by atoms with van der Waals surface area (Å²) in [5.41, 5.74) is 1.02. The zero-order valence-corrected chi connectivity index (χ0v) is 12.3. The van der Waals surface area contributed by atoms with Crippen LogP contribution in [-0.4, -0.2) is 28.8 Å². The number of rotatable bonds is 9. The van der Waals surface area contributed by atoms with Gasteiger partial charge in [0.15, 0.2) is 0 Å². The number of aromatic nitrogens is 2. The van der Waals surface area contributed by atoms with Gasteiger partial charge in [-0.1, -0.05) is 13.8 Å². The lowest BCUT2D eigenvalue weighted by atomic mass is 10.3. The van der Waals surface area contributed by atoms with Crippen molar-refractivity contribution in [3.05, 3.63) is 18.0 Å². The van der Waals surface area contributed by atoms with Crippen LogP contribution in [0.3, 0.4) is 0 Å². The van der Waals surface area contributed by atoms with Gasteiger partial charge in [-0.05, 0) is 25.8 Å². The van der Waals surface area contributed by atoms with Gasteiger partial charge in [0.05, 0.1) is 5.69 Å². The van der Waals surface area contributed by atoms with Crippen LogP contribution in [-0.2, 0) is 11.3 Å². The summed E-state index contributed by atoms with van der Waals surface area (Å²) in [5, 5.41) is 10.6. The van der Waals surface area contributed by atoms with Crippen molar-refractivity contribution in [1.29, 1.82) is 0 Å². The molecule has 0 aliphatic heterocycles. The molecule has 1 aromatic heterocycles. The lowest BCUT2D eigenvalue weighted by Crippen LogP contribution is -2.28. The number of nitrogens with zero attached hydrogens (tertiary/aromatic N) is 2. The van der Waals surface area contributed by atoms with Crippen molar-refractivity contribution in [2.75, 3.05) is 13.1 Å². The highest BCUT2D eigenvalue weighted by Crippen LogP contribution is 2.08. The quantitative estimate of drug-likeness (QED) is 0.671. The molecule has 108 valence electrons. The molecule has 1 heterocycles. The zero-order chi connectivity index (χ0) is 14.1. The molecule has 0 bridgehead atoms. The molecule has 0 aromatic carbocycles. The molecular formula is C14H26N4O. The second-order valence-electron chi connectivity index (χ2n) is 4.82. The van der Waals surface area contributed by atoms with E-state index in [0.29, 0.717) is 25.6 Å². The number of hydrogen-bond acceptors (Lipinski definition) is 3. The molecule has 1 aromatic rings. The number of carbonyl (C=O) groups excluding carboxylic acids is 1. The van der Waals surface area contributed by atoms with Crippen molar-refractivity contribution in [2.24, 2.45) is 0 Å². The Hall–Kier alpha value is -1.36. The third-order valence-electron chi connectivity index (χ3n) is 3.11. The number of carbonyl (C=O) groups is 1. The monoisotopic (exact) mass is 266 g/mol. The molecule has 5 heteroatoms. The van der Waals surface area contributed by atoms with Gasteiger partial charge in [0.2, 0.25) is 5.91 Å². The number of amides is 1. The first-order valence-corrected chi connectivity index (χ1v) is 7.18. The van der Waals surface area contributed by atoms with Crippen molar-refractivity contribution in [3.8, 4) is 0 Å². The topological polar surface area (TPSA) is 59.0 Å². The summed E-state index contributed by atoms with van der Waals surface area (Å²) in [4.78, 5) is 11.4. The van der Waals surface area contributed by atoms with Gasteiger partial charge in [-0.2, -0.15) is 5.10 Å². The molecule has 1 unspecified atom stereocenters. The molecule has 0 aliphatic carbocycles. The van der Waals surface area contributed by atoms with Crippen LogP contribution < -0.4 is 10.6 Å². The Kier molecular flexibility index (Phi) is 7.18. The van der Waals surface area contributed by atoms with Crippen molar-refractivity contribution in [3.63, 3.8) is 0 Å². The predicted octanol–water partition coefficient (Wildman–Crippen LogP) is 1.86. The van der Waals surface area contributed by atoms with Gasteiger partial charge in [0, 0.05) is 38.3 Å². The van der Waals surface area contributed by atoms with Gasteiger partial charge in [0.1, 0.15) is 0 Å². The minimum Gasteiger partial charge on any atom is -0.356 e. The van der Waals surface area contributed by atoms with Crippen molar-refractivity contribution in [1.82, 2.24) is 20.4 Å². The Bertz CT molecular complexity index is 375. The van der Waals surface area contributed by atoms with E-state index in [0.717, 1.165) is 25.1 Å². The van der Waals surface area contributed by atoms with Crippen molar-refractivity contribution >= 4 is 5.91 Å². The van der Waals surface area contributed by atoms with Crippen molar-refractivity contribution < 1.29 is 4.79 Å². The van der Waals surface area contributed by atoms with E-state index in [4.69, 9.17) is 0 Å². The van der Waals surface area contributed by atoms with Crippen LogP contribution in [0.1, 0.15) is 51.8 Å². The lowest BCUT2D eigenvalue weighted by molar-refractivity contribution is -0.120. The summed E-state index contributed by atoms with van der Waals surface area (Å²) in [6, 6.07) is 2.46. The maximum Gasteiger partial charge on any atom is 0.221 e. The maximum atomic E-state index is 11.4. The molecule has 1 atom stereocenters. The third-order valence-corrected chi connectivity index (χ3v) is 3.11.